The van der Waals surface area contributed by atoms with Gasteiger partial charge in [0.05, 0.1) is 0 Å². The van der Waals surface area contributed by atoms with Crippen LogP contribution in [0, 0.1) is 11.2 Å². The monoisotopic (exact) mass is 292 g/mol. The number of phenols is 1. The molecular weight excluding hydrogens is 267 g/mol. The first-order valence-corrected chi connectivity index (χ1v) is 8.03. The van der Waals surface area contributed by atoms with Crippen molar-refractivity contribution in [3.63, 3.8) is 0 Å². The molecule has 0 radical (unpaired) electrons. The summed E-state index contributed by atoms with van der Waals surface area (Å²) >= 11 is 0. The van der Waals surface area contributed by atoms with Gasteiger partial charge in [0.1, 0.15) is 11.6 Å². The highest BCUT2D eigenvalue weighted by Crippen LogP contribution is 2.39. The molecule has 0 saturated carbocycles. The predicted molar refractivity (Wildman–Crippen MR) is 81.8 cm³/mol. The summed E-state index contributed by atoms with van der Waals surface area (Å²) in [6.45, 7) is 6.37. The second-order valence-electron chi connectivity index (χ2n) is 6.74. The summed E-state index contributed by atoms with van der Waals surface area (Å²) in [7, 11) is 0. The molecule has 21 heavy (non-hydrogen) atoms. The Kier molecular flexibility index (Phi) is 4.18. The summed E-state index contributed by atoms with van der Waals surface area (Å²) in [5.41, 5.74) is 1.06. The Morgan fingerprint density at radius 1 is 1.33 bits per heavy atom. The molecule has 0 amide bonds. The molecule has 2 N–H and O–H groups in total. The molecule has 2 fully saturated rings. The summed E-state index contributed by atoms with van der Waals surface area (Å²) < 4.78 is 14.1. The first-order chi connectivity index (χ1) is 10.1. The minimum Gasteiger partial charge on any atom is -0.508 e. The maximum atomic E-state index is 14.1. The third kappa shape index (κ3) is 3.06. The number of halogens is 1. The van der Waals surface area contributed by atoms with Crippen molar-refractivity contribution in [3.8, 4) is 5.75 Å². The molecule has 3 rings (SSSR count). The minimum atomic E-state index is -0.302. The van der Waals surface area contributed by atoms with Gasteiger partial charge in [0.25, 0.3) is 0 Å². The largest absolute Gasteiger partial charge is 0.508 e. The van der Waals surface area contributed by atoms with Crippen molar-refractivity contribution in [2.75, 3.05) is 26.2 Å². The first-order valence-electron chi connectivity index (χ1n) is 8.03. The van der Waals surface area contributed by atoms with E-state index in [4.69, 9.17) is 0 Å². The van der Waals surface area contributed by atoms with Crippen LogP contribution in [0.25, 0.3) is 0 Å². The van der Waals surface area contributed by atoms with E-state index >= 15 is 0 Å². The molecule has 4 heteroatoms. The molecule has 2 atom stereocenters. The molecule has 2 saturated heterocycles. The second kappa shape index (κ2) is 5.93. The van der Waals surface area contributed by atoms with Crippen LogP contribution in [0.3, 0.4) is 0 Å². The molecule has 3 nitrogen and oxygen atoms in total. The molecule has 0 aliphatic carbocycles. The third-order valence-corrected chi connectivity index (χ3v) is 5.23. The number of nitrogens with one attached hydrogen (secondary N) is 1. The van der Waals surface area contributed by atoms with Crippen LogP contribution in [0.4, 0.5) is 4.39 Å². The van der Waals surface area contributed by atoms with E-state index in [0.717, 1.165) is 26.2 Å². The highest BCUT2D eigenvalue weighted by molar-refractivity contribution is 5.29. The average Bonchev–Trinajstić information content (AvgIpc) is 2.47. The van der Waals surface area contributed by atoms with Crippen molar-refractivity contribution in [1.29, 1.82) is 0 Å². The lowest BCUT2D eigenvalue weighted by Gasteiger charge is -2.47. The lowest BCUT2D eigenvalue weighted by molar-refractivity contribution is 0.0407. The van der Waals surface area contributed by atoms with Crippen molar-refractivity contribution in [2.24, 2.45) is 5.41 Å². The van der Waals surface area contributed by atoms with Crippen LogP contribution in [0.15, 0.2) is 18.2 Å². The van der Waals surface area contributed by atoms with Crippen LogP contribution in [0.5, 0.6) is 5.75 Å². The highest BCUT2D eigenvalue weighted by Gasteiger charge is 2.38. The predicted octanol–water partition coefficient (Wildman–Crippen LogP) is 3.06. The van der Waals surface area contributed by atoms with Gasteiger partial charge in [-0.2, -0.15) is 0 Å². The Morgan fingerprint density at radius 2 is 2.14 bits per heavy atom. The van der Waals surface area contributed by atoms with Crippen molar-refractivity contribution in [1.82, 2.24) is 10.2 Å². The summed E-state index contributed by atoms with van der Waals surface area (Å²) in [6, 6.07) is 4.57. The van der Waals surface area contributed by atoms with Crippen molar-refractivity contribution in [3.05, 3.63) is 29.6 Å². The number of aromatic hydroxyl groups is 1. The van der Waals surface area contributed by atoms with Crippen molar-refractivity contribution < 1.29 is 9.50 Å². The zero-order chi connectivity index (χ0) is 14.9. The van der Waals surface area contributed by atoms with E-state index in [9.17, 15) is 9.50 Å². The number of benzene rings is 1. The highest BCUT2D eigenvalue weighted by atomic mass is 19.1. The Balaban J connectivity index is 1.76. The minimum absolute atomic E-state index is 0.00459. The number of phenolic OH excluding ortho intramolecular Hbond substituents is 1. The van der Waals surface area contributed by atoms with Crippen molar-refractivity contribution >= 4 is 0 Å². The van der Waals surface area contributed by atoms with Crippen LogP contribution in [0.2, 0.25) is 0 Å². The molecule has 116 valence electrons. The summed E-state index contributed by atoms with van der Waals surface area (Å²) in [6.07, 6.45) is 4.99. The van der Waals surface area contributed by atoms with Gasteiger partial charge in [-0.15, -0.1) is 0 Å². The topological polar surface area (TPSA) is 35.5 Å². The van der Waals surface area contributed by atoms with Gasteiger partial charge in [-0.1, -0.05) is 6.07 Å². The quantitative estimate of drug-likeness (QED) is 0.879. The van der Waals surface area contributed by atoms with Crippen molar-refractivity contribution in [2.45, 2.75) is 38.6 Å². The van der Waals surface area contributed by atoms with Gasteiger partial charge in [0, 0.05) is 30.8 Å². The van der Waals surface area contributed by atoms with E-state index in [1.165, 1.54) is 31.7 Å². The lowest BCUT2D eigenvalue weighted by Crippen LogP contribution is -2.51. The Morgan fingerprint density at radius 3 is 2.86 bits per heavy atom. The summed E-state index contributed by atoms with van der Waals surface area (Å²) in [4.78, 5) is 2.41. The number of nitrogens with zero attached hydrogens (tertiary/aromatic N) is 1. The molecule has 1 spiro atoms. The van der Waals surface area contributed by atoms with Gasteiger partial charge >= 0.3 is 0 Å². The molecule has 2 heterocycles. The van der Waals surface area contributed by atoms with Gasteiger partial charge < -0.3 is 10.4 Å². The van der Waals surface area contributed by atoms with Crippen LogP contribution in [-0.4, -0.2) is 36.2 Å². The van der Waals surface area contributed by atoms with Gasteiger partial charge in [-0.05, 0) is 57.2 Å². The van der Waals surface area contributed by atoms with E-state index in [1.54, 1.807) is 12.1 Å². The third-order valence-electron chi connectivity index (χ3n) is 5.23. The van der Waals surface area contributed by atoms with Gasteiger partial charge in [0.2, 0.25) is 0 Å². The number of hydrogen-bond acceptors (Lipinski definition) is 3. The normalized spacial score (nSPS) is 28.7. The maximum Gasteiger partial charge on any atom is 0.131 e. The number of likely N-dealkylation sites (tertiary alicyclic amines) is 1. The molecule has 1 aromatic carbocycles. The molecule has 0 aromatic heterocycles. The first kappa shape index (κ1) is 14.8. The van der Waals surface area contributed by atoms with Gasteiger partial charge in [0.15, 0.2) is 0 Å². The Labute approximate surface area is 126 Å². The van der Waals surface area contributed by atoms with Crippen LogP contribution in [-0.2, 0) is 0 Å². The molecular formula is C17H25FN2O. The molecule has 2 aliphatic rings. The van der Waals surface area contributed by atoms with Crippen LogP contribution < -0.4 is 5.32 Å². The van der Waals surface area contributed by atoms with E-state index < -0.39 is 0 Å². The smallest absolute Gasteiger partial charge is 0.131 e. The fourth-order valence-electron chi connectivity index (χ4n) is 4.01. The van der Waals surface area contributed by atoms with E-state index in [2.05, 4.69) is 17.1 Å². The molecule has 2 unspecified atom stereocenters. The SMILES string of the molecule is CC(c1ccc(O)cc1F)N1CCCC2(CCCNC2)C1. The number of hydrogen-bond donors (Lipinski definition) is 2. The number of piperidine rings is 2. The van der Waals surface area contributed by atoms with Crippen LogP contribution in [0.1, 0.15) is 44.2 Å². The Hall–Kier alpha value is -1.13. The standard InChI is InChI=1S/C17H25FN2O/c1-13(15-5-4-14(21)10-16(15)18)20-9-3-7-17(12-20)6-2-8-19-11-17/h4-5,10,13,19,21H,2-3,6-9,11-12H2,1H3. The van der Waals surface area contributed by atoms with E-state index in [-0.39, 0.29) is 17.6 Å². The molecule has 1 aromatic rings. The van der Waals surface area contributed by atoms with Crippen LogP contribution >= 0.6 is 0 Å². The zero-order valence-electron chi connectivity index (χ0n) is 12.7. The average molecular weight is 292 g/mol. The fraction of sp³-hybridized carbons (Fsp3) is 0.647. The van der Waals surface area contributed by atoms with E-state index in [0.29, 0.717) is 11.0 Å². The zero-order valence-corrected chi connectivity index (χ0v) is 12.7. The summed E-state index contributed by atoms with van der Waals surface area (Å²) in [5, 5.41) is 12.9. The van der Waals surface area contributed by atoms with E-state index in [1.807, 2.05) is 0 Å². The summed E-state index contributed by atoms with van der Waals surface area (Å²) in [5.74, 6) is -0.307. The lowest BCUT2D eigenvalue weighted by atomic mass is 9.74. The molecule has 2 aliphatic heterocycles. The Bertz CT molecular complexity index is 494. The molecule has 0 bridgehead atoms. The van der Waals surface area contributed by atoms with Gasteiger partial charge in [-0.3, -0.25) is 4.90 Å². The number of rotatable bonds is 2. The fourth-order valence-corrected chi connectivity index (χ4v) is 4.01. The maximum absolute atomic E-state index is 14.1. The van der Waals surface area contributed by atoms with Gasteiger partial charge in [-0.25, -0.2) is 4.39 Å². The second-order valence-corrected chi connectivity index (χ2v) is 6.74.